The maximum Gasteiger partial charge on any atom is 0.336 e. The molecule has 0 saturated carbocycles. The van der Waals surface area contributed by atoms with Gasteiger partial charge in [-0.25, -0.2) is 22.4 Å². The number of alkyl halides is 2. The van der Waals surface area contributed by atoms with E-state index in [1.165, 1.54) is 17.9 Å². The largest absolute Gasteiger partial charge is 0.478 e. The van der Waals surface area contributed by atoms with Gasteiger partial charge in [0.25, 0.3) is 11.8 Å². The van der Waals surface area contributed by atoms with E-state index in [4.69, 9.17) is 20.8 Å². The molecule has 3 aromatic rings. The van der Waals surface area contributed by atoms with Gasteiger partial charge in [-0.1, -0.05) is 11.6 Å². The van der Waals surface area contributed by atoms with Crippen molar-refractivity contribution in [3.63, 3.8) is 0 Å². The van der Waals surface area contributed by atoms with Crippen LogP contribution in [0, 0.1) is 11.6 Å². The lowest BCUT2D eigenvalue weighted by Gasteiger charge is -2.33. The first kappa shape index (κ1) is 23.1. The van der Waals surface area contributed by atoms with E-state index < -0.39 is 48.0 Å². The minimum Gasteiger partial charge on any atom is -0.478 e. The first-order valence-electron chi connectivity index (χ1n) is 10.1. The number of carbonyl (C=O) groups excluding carboxylic acids is 1. The van der Waals surface area contributed by atoms with Crippen molar-refractivity contribution >= 4 is 28.5 Å². The fraction of sp³-hybridized carbons (Fsp3) is 0.304. The smallest absolute Gasteiger partial charge is 0.336 e. The standard InChI is InChI=1S/C23H18ClF4NO4/c1-12(22(31)29-6-4-23(27,28)5-7-29)32-20-11-19-16(9-18(20)26)15(10-21(30)33-19)14-3-2-13(25)8-17(14)24/h2-3,8-12H,4-7H2,1H3/t12-/m1/s1. The van der Waals surface area contributed by atoms with Gasteiger partial charge in [0.1, 0.15) is 11.4 Å². The summed E-state index contributed by atoms with van der Waals surface area (Å²) in [5.74, 6) is -5.14. The van der Waals surface area contributed by atoms with Gasteiger partial charge in [0.15, 0.2) is 17.7 Å². The van der Waals surface area contributed by atoms with Crippen LogP contribution in [0.5, 0.6) is 5.75 Å². The molecule has 1 aliphatic heterocycles. The summed E-state index contributed by atoms with van der Waals surface area (Å²) in [4.78, 5) is 25.9. The molecule has 0 aliphatic carbocycles. The molecule has 4 rings (SSSR count). The average Bonchev–Trinajstić information content (AvgIpc) is 2.74. The highest BCUT2D eigenvalue weighted by Crippen LogP contribution is 2.36. The number of hydrogen-bond acceptors (Lipinski definition) is 4. The Morgan fingerprint density at radius 2 is 1.82 bits per heavy atom. The zero-order valence-electron chi connectivity index (χ0n) is 17.3. The summed E-state index contributed by atoms with van der Waals surface area (Å²) in [7, 11) is 0. The Morgan fingerprint density at radius 1 is 1.12 bits per heavy atom. The van der Waals surface area contributed by atoms with Crippen LogP contribution in [0.3, 0.4) is 0 Å². The number of halogens is 5. The van der Waals surface area contributed by atoms with Crippen molar-refractivity contribution in [1.82, 2.24) is 4.90 Å². The minimum atomic E-state index is -2.81. The lowest BCUT2D eigenvalue weighted by atomic mass is 10.0. The number of likely N-dealkylation sites (tertiary alicyclic amines) is 1. The molecule has 0 radical (unpaired) electrons. The number of nitrogens with zero attached hydrogens (tertiary/aromatic N) is 1. The van der Waals surface area contributed by atoms with Crippen LogP contribution >= 0.6 is 11.6 Å². The molecule has 1 amide bonds. The molecule has 5 nitrogen and oxygen atoms in total. The van der Waals surface area contributed by atoms with E-state index in [1.54, 1.807) is 0 Å². The van der Waals surface area contributed by atoms with Crippen LogP contribution < -0.4 is 10.4 Å². The highest BCUT2D eigenvalue weighted by atomic mass is 35.5. The zero-order valence-corrected chi connectivity index (χ0v) is 18.1. The van der Waals surface area contributed by atoms with Crippen LogP contribution in [-0.4, -0.2) is 35.9 Å². The molecule has 0 N–H and O–H groups in total. The maximum atomic E-state index is 14.9. The van der Waals surface area contributed by atoms with Crippen molar-refractivity contribution < 1.29 is 31.5 Å². The van der Waals surface area contributed by atoms with Gasteiger partial charge in [-0.3, -0.25) is 4.79 Å². The van der Waals surface area contributed by atoms with Gasteiger partial charge in [-0.05, 0) is 31.2 Å². The second kappa shape index (κ2) is 8.70. The lowest BCUT2D eigenvalue weighted by Crippen LogP contribution is -2.47. The van der Waals surface area contributed by atoms with Crippen molar-refractivity contribution in [1.29, 1.82) is 0 Å². The molecule has 1 aliphatic rings. The van der Waals surface area contributed by atoms with Crippen molar-refractivity contribution in [2.75, 3.05) is 13.1 Å². The summed E-state index contributed by atoms with van der Waals surface area (Å²) < 4.78 is 65.6. The number of piperidine rings is 1. The van der Waals surface area contributed by atoms with Gasteiger partial charge in [-0.15, -0.1) is 0 Å². The normalized spacial score (nSPS) is 16.6. The summed E-state index contributed by atoms with van der Waals surface area (Å²) in [5.41, 5.74) is -0.259. The Hall–Kier alpha value is -3.07. The van der Waals surface area contributed by atoms with Gasteiger partial charge in [0, 0.05) is 54.6 Å². The van der Waals surface area contributed by atoms with E-state index in [9.17, 15) is 27.2 Å². The quantitative estimate of drug-likeness (QED) is 0.367. The Kier molecular flexibility index (Phi) is 6.09. The first-order chi connectivity index (χ1) is 15.5. The number of fused-ring (bicyclic) bond motifs is 1. The molecule has 1 saturated heterocycles. The van der Waals surface area contributed by atoms with Crippen LogP contribution in [0.15, 0.2) is 45.6 Å². The molecule has 0 bridgehead atoms. The second-order valence-electron chi connectivity index (χ2n) is 7.82. The predicted octanol–water partition coefficient (Wildman–Crippen LogP) is 5.42. The van der Waals surface area contributed by atoms with Crippen molar-refractivity contribution in [2.24, 2.45) is 0 Å². The van der Waals surface area contributed by atoms with Crippen molar-refractivity contribution in [3.8, 4) is 16.9 Å². The van der Waals surface area contributed by atoms with Gasteiger partial charge in [0.05, 0.1) is 5.02 Å². The maximum absolute atomic E-state index is 14.9. The predicted molar refractivity (Wildman–Crippen MR) is 114 cm³/mol. The number of carbonyl (C=O) groups is 1. The molecule has 33 heavy (non-hydrogen) atoms. The highest BCUT2D eigenvalue weighted by molar-refractivity contribution is 6.33. The number of amides is 1. The third-order valence-corrected chi connectivity index (χ3v) is 5.79. The van der Waals surface area contributed by atoms with Crippen LogP contribution in [0.2, 0.25) is 5.02 Å². The van der Waals surface area contributed by atoms with E-state index in [1.807, 2.05) is 0 Å². The topological polar surface area (TPSA) is 59.8 Å². The number of ether oxygens (including phenoxy) is 1. The number of rotatable bonds is 4. The monoisotopic (exact) mass is 483 g/mol. The minimum absolute atomic E-state index is 0.0222. The Bertz CT molecular complexity index is 1280. The summed E-state index contributed by atoms with van der Waals surface area (Å²) in [6.45, 7) is 1.12. The summed E-state index contributed by atoms with van der Waals surface area (Å²) in [6.07, 6.45) is -2.06. The molecule has 0 spiro atoms. The summed E-state index contributed by atoms with van der Waals surface area (Å²) in [5, 5.41) is 0.208. The molecule has 1 atom stereocenters. The van der Waals surface area contributed by atoms with Crippen molar-refractivity contribution in [3.05, 3.63) is 63.5 Å². The van der Waals surface area contributed by atoms with Crippen LogP contribution in [-0.2, 0) is 4.79 Å². The first-order valence-corrected chi connectivity index (χ1v) is 10.5. The molecule has 10 heteroatoms. The van der Waals surface area contributed by atoms with Gasteiger partial charge in [-0.2, -0.15) is 0 Å². The Balaban J connectivity index is 1.64. The van der Waals surface area contributed by atoms with Gasteiger partial charge < -0.3 is 14.1 Å². The number of hydrogen-bond donors (Lipinski definition) is 0. The summed E-state index contributed by atoms with van der Waals surface area (Å²) >= 11 is 6.10. The van der Waals surface area contributed by atoms with E-state index >= 15 is 0 Å². The Morgan fingerprint density at radius 3 is 2.48 bits per heavy atom. The van der Waals surface area contributed by atoms with Crippen molar-refractivity contribution in [2.45, 2.75) is 31.8 Å². The Labute approximate surface area is 190 Å². The van der Waals surface area contributed by atoms with E-state index in [0.717, 1.165) is 30.3 Å². The van der Waals surface area contributed by atoms with Crippen LogP contribution in [0.25, 0.3) is 22.1 Å². The molecule has 1 aromatic heterocycles. The SMILES string of the molecule is C[C@@H](Oc1cc2oc(=O)cc(-c3ccc(F)cc3Cl)c2cc1F)C(=O)N1CCC(F)(F)CC1. The van der Waals surface area contributed by atoms with E-state index in [2.05, 4.69) is 0 Å². The average molecular weight is 484 g/mol. The highest BCUT2D eigenvalue weighted by Gasteiger charge is 2.37. The van der Waals surface area contributed by atoms with Gasteiger partial charge in [0.2, 0.25) is 0 Å². The van der Waals surface area contributed by atoms with Crippen LogP contribution in [0.1, 0.15) is 19.8 Å². The molecule has 0 unspecified atom stereocenters. The lowest BCUT2D eigenvalue weighted by molar-refractivity contribution is -0.143. The molecule has 2 aromatic carbocycles. The molecule has 2 heterocycles. The van der Waals surface area contributed by atoms with Crippen LogP contribution in [0.4, 0.5) is 17.6 Å². The third kappa shape index (κ3) is 4.83. The zero-order chi connectivity index (χ0) is 23.9. The van der Waals surface area contributed by atoms with E-state index in [0.29, 0.717) is 5.56 Å². The third-order valence-electron chi connectivity index (χ3n) is 5.48. The molecule has 174 valence electrons. The molecular formula is C23H18ClF4NO4. The fourth-order valence-electron chi connectivity index (χ4n) is 3.74. The number of benzene rings is 2. The summed E-state index contributed by atoms with van der Waals surface area (Å²) in [6, 6.07) is 6.87. The second-order valence-corrected chi connectivity index (χ2v) is 8.23. The fourth-order valence-corrected chi connectivity index (χ4v) is 4.01. The van der Waals surface area contributed by atoms with E-state index in [-0.39, 0.29) is 40.4 Å². The molecular weight excluding hydrogens is 466 g/mol. The van der Waals surface area contributed by atoms with Gasteiger partial charge >= 0.3 is 5.63 Å². The molecule has 1 fully saturated rings.